The molecule has 0 saturated carbocycles. The molecule has 0 fully saturated rings. The molecule has 0 N–H and O–H groups in total. The van der Waals surface area contributed by atoms with Gasteiger partial charge in [-0.05, 0) is 24.3 Å². The standard InChI is InChI=1S/C14H10BrNO5/c1-20-11-4-5-12(16(18)19)14(7-11)21-13-6-10(15)3-2-9(13)8-17/h2-8H,1H3. The summed E-state index contributed by atoms with van der Waals surface area (Å²) in [7, 11) is 1.45. The lowest BCUT2D eigenvalue weighted by molar-refractivity contribution is -0.385. The summed E-state index contributed by atoms with van der Waals surface area (Å²) in [6, 6.07) is 8.94. The van der Waals surface area contributed by atoms with Crippen molar-refractivity contribution in [2.45, 2.75) is 0 Å². The molecule has 2 aromatic carbocycles. The number of nitrogens with zero attached hydrogens (tertiary/aromatic N) is 1. The molecule has 2 aromatic rings. The summed E-state index contributed by atoms with van der Waals surface area (Å²) in [6.45, 7) is 0. The number of nitro benzene ring substituents is 1. The van der Waals surface area contributed by atoms with Crippen LogP contribution in [0.2, 0.25) is 0 Å². The molecule has 6 nitrogen and oxygen atoms in total. The second-order valence-corrected chi connectivity index (χ2v) is 4.91. The Labute approximate surface area is 128 Å². The first kappa shape index (κ1) is 15.0. The van der Waals surface area contributed by atoms with Gasteiger partial charge in [-0.2, -0.15) is 0 Å². The number of aldehydes is 1. The van der Waals surface area contributed by atoms with Gasteiger partial charge in [0.25, 0.3) is 0 Å². The van der Waals surface area contributed by atoms with Gasteiger partial charge < -0.3 is 9.47 Å². The number of rotatable bonds is 5. The number of halogens is 1. The third-order valence-electron chi connectivity index (χ3n) is 2.69. The molecule has 0 aromatic heterocycles. The van der Waals surface area contributed by atoms with Crippen LogP contribution in [-0.4, -0.2) is 18.3 Å². The van der Waals surface area contributed by atoms with Crippen LogP contribution in [0.5, 0.6) is 17.2 Å². The minimum atomic E-state index is -0.562. The molecule has 0 heterocycles. The number of carbonyl (C=O) groups is 1. The van der Waals surface area contributed by atoms with Gasteiger partial charge in [-0.3, -0.25) is 14.9 Å². The van der Waals surface area contributed by atoms with Gasteiger partial charge in [0.2, 0.25) is 5.75 Å². The highest BCUT2D eigenvalue weighted by atomic mass is 79.9. The number of hydrogen-bond donors (Lipinski definition) is 0. The smallest absolute Gasteiger partial charge is 0.311 e. The van der Waals surface area contributed by atoms with Crippen LogP contribution >= 0.6 is 15.9 Å². The summed E-state index contributed by atoms with van der Waals surface area (Å²) in [5, 5.41) is 11.0. The largest absolute Gasteiger partial charge is 0.497 e. The van der Waals surface area contributed by atoms with Gasteiger partial charge in [-0.1, -0.05) is 15.9 Å². The molecule has 21 heavy (non-hydrogen) atoms. The van der Waals surface area contributed by atoms with E-state index in [0.717, 1.165) is 0 Å². The second-order valence-electron chi connectivity index (χ2n) is 3.99. The number of methoxy groups -OCH3 is 1. The van der Waals surface area contributed by atoms with Crippen LogP contribution in [0.15, 0.2) is 40.9 Å². The number of carbonyl (C=O) groups excluding carboxylic acids is 1. The minimum absolute atomic E-state index is 0.000509. The van der Waals surface area contributed by atoms with Crippen LogP contribution < -0.4 is 9.47 Å². The van der Waals surface area contributed by atoms with Gasteiger partial charge in [-0.25, -0.2) is 0 Å². The molecule has 0 bridgehead atoms. The van der Waals surface area contributed by atoms with Crippen molar-refractivity contribution >= 4 is 27.9 Å². The van der Waals surface area contributed by atoms with Crippen LogP contribution in [0.4, 0.5) is 5.69 Å². The van der Waals surface area contributed by atoms with Crippen molar-refractivity contribution in [2.75, 3.05) is 7.11 Å². The minimum Gasteiger partial charge on any atom is -0.497 e. The third-order valence-corrected chi connectivity index (χ3v) is 3.18. The number of ether oxygens (including phenoxy) is 2. The quantitative estimate of drug-likeness (QED) is 0.462. The lowest BCUT2D eigenvalue weighted by Gasteiger charge is -2.10. The summed E-state index contributed by atoms with van der Waals surface area (Å²) in [5.74, 6) is 0.634. The van der Waals surface area contributed by atoms with Crippen LogP contribution in [0.1, 0.15) is 10.4 Å². The zero-order valence-electron chi connectivity index (χ0n) is 10.9. The van der Waals surface area contributed by atoms with Crippen molar-refractivity contribution in [1.82, 2.24) is 0 Å². The van der Waals surface area contributed by atoms with E-state index < -0.39 is 4.92 Å². The first-order chi connectivity index (χ1) is 10.0. The normalized spacial score (nSPS) is 10.0. The molecule has 0 aliphatic rings. The van der Waals surface area contributed by atoms with Crippen molar-refractivity contribution < 1.29 is 19.2 Å². The summed E-state index contributed by atoms with van der Waals surface area (Å²) < 4.78 is 11.2. The van der Waals surface area contributed by atoms with Crippen molar-refractivity contribution in [2.24, 2.45) is 0 Å². The first-order valence-corrected chi connectivity index (χ1v) is 6.59. The molecule has 7 heteroatoms. The van der Waals surface area contributed by atoms with E-state index >= 15 is 0 Å². The van der Waals surface area contributed by atoms with Gasteiger partial charge in [0.1, 0.15) is 11.5 Å². The van der Waals surface area contributed by atoms with E-state index in [1.54, 1.807) is 18.2 Å². The summed E-state index contributed by atoms with van der Waals surface area (Å²) >= 11 is 3.26. The molecule has 0 radical (unpaired) electrons. The average molecular weight is 352 g/mol. The van der Waals surface area contributed by atoms with Crippen LogP contribution in [-0.2, 0) is 0 Å². The van der Waals surface area contributed by atoms with Gasteiger partial charge >= 0.3 is 5.69 Å². The molecular formula is C14H10BrNO5. The molecule has 0 amide bonds. The maximum absolute atomic E-state index is 11.0. The Morgan fingerprint density at radius 3 is 2.57 bits per heavy atom. The van der Waals surface area contributed by atoms with Crippen molar-refractivity contribution in [3.05, 3.63) is 56.5 Å². The Morgan fingerprint density at radius 1 is 1.19 bits per heavy atom. The van der Waals surface area contributed by atoms with E-state index in [2.05, 4.69) is 15.9 Å². The van der Waals surface area contributed by atoms with Crippen molar-refractivity contribution in [1.29, 1.82) is 0 Å². The summed E-state index contributed by atoms with van der Waals surface area (Å²) in [6.07, 6.45) is 0.619. The predicted molar refractivity (Wildman–Crippen MR) is 79.3 cm³/mol. The lowest BCUT2D eigenvalue weighted by Crippen LogP contribution is -1.96. The fourth-order valence-corrected chi connectivity index (χ4v) is 2.01. The Balaban J connectivity index is 2.49. The molecule has 2 rings (SSSR count). The molecule has 0 aliphatic carbocycles. The van der Waals surface area contributed by atoms with Gasteiger partial charge in [0, 0.05) is 16.6 Å². The fraction of sp³-hybridized carbons (Fsp3) is 0.0714. The molecule has 108 valence electrons. The van der Waals surface area contributed by atoms with E-state index in [1.807, 2.05) is 0 Å². The van der Waals surface area contributed by atoms with Crippen LogP contribution in [0.3, 0.4) is 0 Å². The maximum Gasteiger partial charge on any atom is 0.311 e. The van der Waals surface area contributed by atoms with Gasteiger partial charge in [-0.15, -0.1) is 0 Å². The van der Waals surface area contributed by atoms with Crippen molar-refractivity contribution in [3.8, 4) is 17.2 Å². The van der Waals surface area contributed by atoms with E-state index in [0.29, 0.717) is 16.5 Å². The molecule has 0 aliphatic heterocycles. The number of benzene rings is 2. The molecule has 0 unspecified atom stereocenters. The zero-order chi connectivity index (χ0) is 15.4. The van der Waals surface area contributed by atoms with Gasteiger partial charge in [0.15, 0.2) is 6.29 Å². The van der Waals surface area contributed by atoms with E-state index in [1.165, 1.54) is 25.3 Å². The summed E-state index contributed by atoms with van der Waals surface area (Å²) in [4.78, 5) is 21.5. The van der Waals surface area contributed by atoms with Crippen molar-refractivity contribution in [3.63, 3.8) is 0 Å². The fourth-order valence-electron chi connectivity index (χ4n) is 1.67. The molecule has 0 saturated heterocycles. The zero-order valence-corrected chi connectivity index (χ0v) is 12.5. The lowest BCUT2D eigenvalue weighted by atomic mass is 10.2. The molecule has 0 spiro atoms. The molecule has 0 atom stereocenters. The van der Waals surface area contributed by atoms with E-state index in [9.17, 15) is 14.9 Å². The number of nitro groups is 1. The molecular weight excluding hydrogens is 342 g/mol. The van der Waals surface area contributed by atoms with E-state index in [4.69, 9.17) is 9.47 Å². The third kappa shape index (κ3) is 3.38. The second kappa shape index (κ2) is 6.36. The Bertz CT molecular complexity index is 702. The first-order valence-electron chi connectivity index (χ1n) is 5.80. The van der Waals surface area contributed by atoms with Crippen LogP contribution in [0.25, 0.3) is 0 Å². The van der Waals surface area contributed by atoms with E-state index in [-0.39, 0.29) is 22.7 Å². The highest BCUT2D eigenvalue weighted by molar-refractivity contribution is 9.10. The Hall–Kier alpha value is -2.41. The summed E-state index contributed by atoms with van der Waals surface area (Å²) in [5.41, 5.74) is 0.0722. The monoisotopic (exact) mass is 351 g/mol. The highest BCUT2D eigenvalue weighted by Crippen LogP contribution is 2.36. The Kier molecular flexibility index (Phi) is 4.54. The highest BCUT2D eigenvalue weighted by Gasteiger charge is 2.18. The maximum atomic E-state index is 11.0. The van der Waals surface area contributed by atoms with Crippen LogP contribution in [0, 0.1) is 10.1 Å². The SMILES string of the molecule is COc1ccc([N+](=O)[O-])c(Oc2cc(Br)ccc2C=O)c1. The Morgan fingerprint density at radius 2 is 1.95 bits per heavy atom. The average Bonchev–Trinajstić information content (AvgIpc) is 2.47. The topological polar surface area (TPSA) is 78.7 Å². The van der Waals surface area contributed by atoms with Gasteiger partial charge in [0.05, 0.1) is 17.6 Å². The number of hydrogen-bond acceptors (Lipinski definition) is 5. The predicted octanol–water partition coefficient (Wildman–Crippen LogP) is 3.97.